The van der Waals surface area contributed by atoms with Crippen molar-refractivity contribution >= 4 is 28.9 Å². The molecule has 106 valence electrons. The lowest BCUT2D eigenvalue weighted by Crippen LogP contribution is -2.21. The lowest BCUT2D eigenvalue weighted by Gasteiger charge is -2.09. The molecule has 1 aliphatic rings. The van der Waals surface area contributed by atoms with Crippen molar-refractivity contribution in [1.82, 2.24) is 0 Å². The van der Waals surface area contributed by atoms with Crippen LogP contribution in [0, 0.1) is 5.82 Å². The Balaban J connectivity index is 2.21. The highest BCUT2D eigenvalue weighted by molar-refractivity contribution is 6.30. The van der Waals surface area contributed by atoms with Gasteiger partial charge in [-0.2, -0.15) is 0 Å². The zero-order valence-corrected chi connectivity index (χ0v) is 11.4. The predicted molar refractivity (Wildman–Crippen MR) is 77.0 cm³/mol. The highest BCUT2D eigenvalue weighted by Crippen LogP contribution is 2.26. The Morgan fingerprint density at radius 3 is 2.57 bits per heavy atom. The second-order valence-corrected chi connectivity index (χ2v) is 4.94. The highest BCUT2D eigenvalue weighted by Gasteiger charge is 2.25. The van der Waals surface area contributed by atoms with Crippen LogP contribution in [0.15, 0.2) is 47.5 Å². The molecule has 0 aromatic heterocycles. The number of carbonyl (C=O) groups excluding carboxylic acids is 1. The van der Waals surface area contributed by atoms with Crippen LogP contribution in [0.3, 0.4) is 0 Å². The number of hydrogen-bond acceptors (Lipinski definition) is 2. The van der Waals surface area contributed by atoms with Gasteiger partial charge in [0.2, 0.25) is 0 Å². The summed E-state index contributed by atoms with van der Waals surface area (Å²) in [6, 6.07) is 10.3. The van der Waals surface area contributed by atoms with E-state index in [9.17, 15) is 13.6 Å². The summed E-state index contributed by atoms with van der Waals surface area (Å²) in [4.78, 5) is 15.4. The van der Waals surface area contributed by atoms with E-state index in [2.05, 4.69) is 10.3 Å². The summed E-state index contributed by atoms with van der Waals surface area (Å²) in [6.45, 7) is 0. The van der Waals surface area contributed by atoms with E-state index in [1.807, 2.05) is 0 Å². The van der Waals surface area contributed by atoms with Crippen molar-refractivity contribution in [1.29, 1.82) is 0 Å². The second-order valence-electron chi connectivity index (χ2n) is 4.50. The van der Waals surface area contributed by atoms with Gasteiger partial charge in [0.25, 0.3) is 12.2 Å². The molecular weight excluding hydrogens is 298 g/mol. The van der Waals surface area contributed by atoms with Gasteiger partial charge in [-0.25, -0.2) is 13.8 Å². The number of benzodiazepines with no additional fused rings is 1. The van der Waals surface area contributed by atoms with E-state index >= 15 is 0 Å². The predicted octanol–water partition coefficient (Wildman–Crippen LogP) is 3.56. The Bertz CT molecular complexity index is 744. The van der Waals surface area contributed by atoms with E-state index in [4.69, 9.17) is 11.6 Å². The number of alkyl halides is 1. The van der Waals surface area contributed by atoms with Crippen LogP contribution >= 0.6 is 11.6 Å². The first-order valence-corrected chi connectivity index (χ1v) is 6.51. The van der Waals surface area contributed by atoms with E-state index in [-0.39, 0.29) is 5.71 Å². The SMILES string of the molecule is O=C1Nc2ccc(F)cc2C(c2ccc(Cl)cc2)=NC1F. The third-order valence-electron chi connectivity index (χ3n) is 3.07. The molecule has 3 rings (SSSR count). The van der Waals surface area contributed by atoms with Gasteiger partial charge in [0.15, 0.2) is 0 Å². The fourth-order valence-corrected chi connectivity index (χ4v) is 2.22. The van der Waals surface area contributed by atoms with Crippen LogP contribution in [-0.2, 0) is 4.79 Å². The molecule has 0 radical (unpaired) electrons. The molecule has 1 aliphatic heterocycles. The van der Waals surface area contributed by atoms with Crippen LogP contribution < -0.4 is 5.32 Å². The molecule has 0 bridgehead atoms. The summed E-state index contributed by atoms with van der Waals surface area (Å²) >= 11 is 5.82. The summed E-state index contributed by atoms with van der Waals surface area (Å²) < 4.78 is 27.3. The molecule has 1 N–H and O–H groups in total. The topological polar surface area (TPSA) is 41.5 Å². The zero-order valence-electron chi connectivity index (χ0n) is 10.6. The largest absolute Gasteiger partial charge is 0.321 e. The number of halogens is 3. The van der Waals surface area contributed by atoms with E-state index in [0.29, 0.717) is 21.8 Å². The summed E-state index contributed by atoms with van der Waals surface area (Å²) in [5.74, 6) is -1.38. The second kappa shape index (κ2) is 5.26. The van der Waals surface area contributed by atoms with Crippen LogP contribution in [-0.4, -0.2) is 17.9 Å². The highest BCUT2D eigenvalue weighted by atomic mass is 35.5. The molecule has 0 saturated heterocycles. The Labute approximate surface area is 124 Å². The summed E-state index contributed by atoms with van der Waals surface area (Å²) in [6.07, 6.45) is -2.05. The summed E-state index contributed by atoms with van der Waals surface area (Å²) in [5, 5.41) is 2.90. The molecule has 3 nitrogen and oxygen atoms in total. The van der Waals surface area contributed by atoms with Gasteiger partial charge >= 0.3 is 0 Å². The monoisotopic (exact) mass is 306 g/mol. The average Bonchev–Trinajstić information content (AvgIpc) is 2.58. The van der Waals surface area contributed by atoms with Crippen molar-refractivity contribution in [2.24, 2.45) is 4.99 Å². The van der Waals surface area contributed by atoms with Crippen LogP contribution in [0.5, 0.6) is 0 Å². The first-order chi connectivity index (χ1) is 10.0. The fraction of sp³-hybridized carbons (Fsp3) is 0.0667. The lowest BCUT2D eigenvalue weighted by atomic mass is 10.0. The molecule has 0 aliphatic carbocycles. The number of aliphatic imine (C=N–C) groups is 1. The van der Waals surface area contributed by atoms with E-state index in [1.54, 1.807) is 24.3 Å². The number of nitrogens with one attached hydrogen (secondary N) is 1. The first-order valence-electron chi connectivity index (χ1n) is 6.13. The molecule has 0 fully saturated rings. The standard InChI is InChI=1S/C15H9ClF2N2O/c16-9-3-1-8(2-4-9)13-11-7-10(17)5-6-12(11)19-15(21)14(18)20-13/h1-7,14H,(H,19,21). The molecule has 0 spiro atoms. The van der Waals surface area contributed by atoms with Gasteiger partial charge in [-0.1, -0.05) is 23.7 Å². The maximum absolute atomic E-state index is 13.8. The number of carbonyl (C=O) groups is 1. The number of hydrogen-bond donors (Lipinski definition) is 1. The zero-order chi connectivity index (χ0) is 15.0. The lowest BCUT2D eigenvalue weighted by molar-refractivity contribution is -0.120. The van der Waals surface area contributed by atoms with Gasteiger partial charge in [-0.3, -0.25) is 4.79 Å². The summed E-state index contributed by atoms with van der Waals surface area (Å²) in [7, 11) is 0. The van der Waals surface area contributed by atoms with Crippen molar-refractivity contribution in [3.63, 3.8) is 0 Å². The number of rotatable bonds is 1. The van der Waals surface area contributed by atoms with Crippen LogP contribution in [0.2, 0.25) is 5.02 Å². The Morgan fingerprint density at radius 1 is 1.14 bits per heavy atom. The van der Waals surface area contributed by atoms with Crippen LogP contribution in [0.4, 0.5) is 14.5 Å². The smallest absolute Gasteiger partial charge is 0.281 e. The van der Waals surface area contributed by atoms with Crippen molar-refractivity contribution in [2.45, 2.75) is 6.30 Å². The Kier molecular flexibility index (Phi) is 3.43. The first kappa shape index (κ1) is 13.7. The van der Waals surface area contributed by atoms with Crippen LogP contribution in [0.25, 0.3) is 0 Å². The molecule has 1 heterocycles. The van der Waals surface area contributed by atoms with E-state index < -0.39 is 18.0 Å². The number of fused-ring (bicyclic) bond motifs is 1. The number of amides is 1. The van der Waals surface area contributed by atoms with Gasteiger partial charge in [0.05, 0.1) is 11.4 Å². The van der Waals surface area contributed by atoms with Gasteiger partial charge < -0.3 is 5.32 Å². The third-order valence-corrected chi connectivity index (χ3v) is 3.32. The maximum atomic E-state index is 13.8. The minimum atomic E-state index is -2.05. The molecule has 1 unspecified atom stereocenters. The van der Waals surface area contributed by atoms with Crippen molar-refractivity contribution in [3.8, 4) is 0 Å². The van der Waals surface area contributed by atoms with Gasteiger partial charge in [-0.15, -0.1) is 0 Å². The molecule has 1 amide bonds. The molecule has 0 saturated carbocycles. The minimum absolute atomic E-state index is 0.201. The number of nitrogens with zero attached hydrogens (tertiary/aromatic N) is 1. The normalized spacial score (nSPS) is 17.6. The molecule has 2 aromatic rings. The Hall–Kier alpha value is -2.27. The number of anilines is 1. The molecule has 1 atom stereocenters. The fourth-order valence-electron chi connectivity index (χ4n) is 2.09. The molecule has 2 aromatic carbocycles. The van der Waals surface area contributed by atoms with Crippen molar-refractivity contribution in [3.05, 3.63) is 64.4 Å². The van der Waals surface area contributed by atoms with E-state index in [1.165, 1.54) is 18.2 Å². The molecular formula is C15H9ClF2N2O. The third kappa shape index (κ3) is 2.64. The van der Waals surface area contributed by atoms with Gasteiger partial charge in [-0.05, 0) is 30.3 Å². The maximum Gasteiger partial charge on any atom is 0.281 e. The molecule has 6 heteroatoms. The van der Waals surface area contributed by atoms with E-state index in [0.717, 1.165) is 0 Å². The van der Waals surface area contributed by atoms with Gasteiger partial charge in [0, 0.05) is 16.1 Å². The molecule has 21 heavy (non-hydrogen) atoms. The van der Waals surface area contributed by atoms with Crippen molar-refractivity contribution < 1.29 is 13.6 Å². The number of benzene rings is 2. The van der Waals surface area contributed by atoms with Gasteiger partial charge in [0.1, 0.15) is 5.82 Å². The quantitative estimate of drug-likeness (QED) is 0.804. The average molecular weight is 307 g/mol. The van der Waals surface area contributed by atoms with Crippen molar-refractivity contribution in [2.75, 3.05) is 5.32 Å². The van der Waals surface area contributed by atoms with Crippen LogP contribution in [0.1, 0.15) is 11.1 Å². The summed E-state index contributed by atoms with van der Waals surface area (Å²) in [5.41, 5.74) is 1.39. The minimum Gasteiger partial charge on any atom is -0.321 e. The Morgan fingerprint density at radius 2 is 1.86 bits per heavy atom.